The molecule has 0 saturated carbocycles. The van der Waals surface area contributed by atoms with Gasteiger partial charge in [-0.1, -0.05) is 30.3 Å². The maximum absolute atomic E-state index is 13.0. The maximum atomic E-state index is 13.0. The van der Waals surface area contributed by atoms with E-state index in [1.807, 2.05) is 30.3 Å². The number of phenols is 1. The van der Waals surface area contributed by atoms with Crippen LogP contribution in [0, 0.1) is 0 Å². The predicted molar refractivity (Wildman–Crippen MR) is 161 cm³/mol. The van der Waals surface area contributed by atoms with Gasteiger partial charge in [0.15, 0.2) is 24.1 Å². The summed E-state index contributed by atoms with van der Waals surface area (Å²) >= 11 is 1.42. The molecule has 1 fully saturated rings. The van der Waals surface area contributed by atoms with Gasteiger partial charge in [0.1, 0.15) is 41.9 Å². The van der Waals surface area contributed by atoms with Gasteiger partial charge in [-0.15, -0.1) is 11.3 Å². The summed E-state index contributed by atoms with van der Waals surface area (Å²) in [6, 6.07) is 13.7. The van der Waals surface area contributed by atoms with Crippen molar-refractivity contribution in [1.29, 1.82) is 0 Å². The molecular formula is C32H33NO12S. The van der Waals surface area contributed by atoms with Gasteiger partial charge in [-0.25, -0.2) is 4.98 Å². The number of ether oxygens (including phenoxy) is 6. The first-order valence-electron chi connectivity index (χ1n) is 14.2. The minimum atomic E-state index is -1.34. The fourth-order valence-corrected chi connectivity index (χ4v) is 5.65. The number of thiazole rings is 1. The molecule has 0 amide bonds. The molecule has 1 N–H and O–H groups in total. The van der Waals surface area contributed by atoms with Crippen LogP contribution in [-0.2, 0) is 49.3 Å². The minimum absolute atomic E-state index is 0.0260. The van der Waals surface area contributed by atoms with E-state index >= 15 is 0 Å². The van der Waals surface area contributed by atoms with Crippen LogP contribution in [0.5, 0.6) is 11.5 Å². The Kier molecular flexibility index (Phi) is 11.4. The van der Waals surface area contributed by atoms with E-state index in [9.17, 15) is 29.1 Å². The highest BCUT2D eigenvalue weighted by Crippen LogP contribution is 2.31. The number of hydrogen-bond donors (Lipinski definition) is 1. The predicted octanol–water partition coefficient (Wildman–Crippen LogP) is 3.45. The molecule has 1 aromatic heterocycles. The first-order chi connectivity index (χ1) is 21.9. The number of benzene rings is 2. The molecule has 13 nitrogen and oxygen atoms in total. The van der Waals surface area contributed by atoms with Crippen molar-refractivity contribution in [2.24, 2.45) is 0 Å². The summed E-state index contributed by atoms with van der Waals surface area (Å²) < 4.78 is 33.1. The van der Waals surface area contributed by atoms with Crippen LogP contribution in [0.25, 0.3) is 10.6 Å². The van der Waals surface area contributed by atoms with Gasteiger partial charge in [-0.2, -0.15) is 0 Å². The van der Waals surface area contributed by atoms with Crippen LogP contribution in [0.3, 0.4) is 0 Å². The van der Waals surface area contributed by atoms with E-state index in [1.54, 1.807) is 5.38 Å². The molecule has 1 aliphatic heterocycles. The van der Waals surface area contributed by atoms with Crippen LogP contribution < -0.4 is 4.74 Å². The highest BCUT2D eigenvalue weighted by atomic mass is 32.1. The van der Waals surface area contributed by atoms with Gasteiger partial charge in [0, 0.05) is 44.7 Å². The number of carbonyl (C=O) groups is 5. The summed E-state index contributed by atoms with van der Waals surface area (Å²) in [5, 5.41) is 13.3. The summed E-state index contributed by atoms with van der Waals surface area (Å²) in [4.78, 5) is 65.0. The normalized spacial score (nSPS) is 20.7. The lowest BCUT2D eigenvalue weighted by Gasteiger charge is -2.44. The number of nitrogens with zero attached hydrogens (tertiary/aromatic N) is 1. The lowest BCUT2D eigenvalue weighted by molar-refractivity contribution is -0.255. The smallest absolute Gasteiger partial charge is 0.303 e. The number of phenolic OH excluding ortho intramolecular Hbond substituents is 1. The van der Waals surface area contributed by atoms with Gasteiger partial charge >= 0.3 is 23.9 Å². The molecule has 2 heterocycles. The van der Waals surface area contributed by atoms with Crippen LogP contribution in [0.4, 0.5) is 0 Å². The molecule has 4 rings (SSSR count). The zero-order valence-corrected chi connectivity index (χ0v) is 26.3. The molecule has 0 unspecified atom stereocenters. The third kappa shape index (κ3) is 9.11. The number of esters is 4. The van der Waals surface area contributed by atoms with Crippen LogP contribution in [0.2, 0.25) is 0 Å². The first kappa shape index (κ1) is 34.1. The zero-order chi connectivity index (χ0) is 33.4. The van der Waals surface area contributed by atoms with Crippen molar-refractivity contribution in [3.05, 3.63) is 65.2 Å². The van der Waals surface area contributed by atoms with Gasteiger partial charge in [-0.3, -0.25) is 24.0 Å². The lowest BCUT2D eigenvalue weighted by atomic mass is 9.94. The highest BCUT2D eigenvalue weighted by molar-refractivity contribution is 7.13. The van der Waals surface area contributed by atoms with Gasteiger partial charge in [0.05, 0.1) is 17.7 Å². The maximum Gasteiger partial charge on any atom is 0.303 e. The SMILES string of the molecule is CC(=O)OC[C@@H]1O[C@H](COc2ccc(C(=O)Cc3csc(-c4ccccc4)n3)c(O)c2)[C@H](OC(C)=O)[C@H](OC(C)=O)[C@H]1OC(C)=O. The number of aromatic hydroxyl groups is 1. The van der Waals surface area contributed by atoms with Crippen LogP contribution in [-0.4, -0.2) is 83.5 Å². The fourth-order valence-electron chi connectivity index (χ4n) is 4.83. The summed E-state index contributed by atoms with van der Waals surface area (Å²) in [7, 11) is 0. The van der Waals surface area contributed by atoms with Gasteiger partial charge in [0.2, 0.25) is 0 Å². The van der Waals surface area contributed by atoms with Gasteiger partial charge in [-0.05, 0) is 12.1 Å². The van der Waals surface area contributed by atoms with Crippen molar-refractivity contribution in [2.75, 3.05) is 13.2 Å². The summed E-state index contributed by atoms with van der Waals surface area (Å²) in [5.41, 5.74) is 1.57. The van der Waals surface area contributed by atoms with Crippen LogP contribution >= 0.6 is 11.3 Å². The van der Waals surface area contributed by atoms with E-state index in [-0.39, 0.29) is 42.5 Å². The minimum Gasteiger partial charge on any atom is -0.507 e. The molecule has 244 valence electrons. The molecule has 2 aromatic carbocycles. The Morgan fingerprint density at radius 2 is 1.41 bits per heavy atom. The quantitative estimate of drug-likeness (QED) is 0.171. The summed E-state index contributed by atoms with van der Waals surface area (Å²) in [6.07, 6.45) is -6.20. The van der Waals surface area contributed by atoms with Crippen molar-refractivity contribution in [1.82, 2.24) is 4.98 Å². The summed E-state index contributed by atoms with van der Waals surface area (Å²) in [6.45, 7) is 3.87. The van der Waals surface area contributed by atoms with Crippen LogP contribution in [0.1, 0.15) is 43.7 Å². The van der Waals surface area contributed by atoms with E-state index < -0.39 is 54.4 Å². The van der Waals surface area contributed by atoms with Crippen LogP contribution in [0.15, 0.2) is 53.9 Å². The number of Topliss-reactive ketones (excluding diaryl/α,β-unsaturated/α-hetero) is 1. The Morgan fingerprint density at radius 3 is 2.00 bits per heavy atom. The van der Waals surface area contributed by atoms with E-state index in [0.717, 1.165) is 31.3 Å². The molecule has 0 spiro atoms. The molecular weight excluding hydrogens is 622 g/mol. The zero-order valence-electron chi connectivity index (χ0n) is 25.5. The molecule has 14 heteroatoms. The van der Waals surface area contributed by atoms with Gasteiger partial charge in [0.25, 0.3) is 0 Å². The highest BCUT2D eigenvalue weighted by Gasteiger charge is 2.52. The Bertz CT molecular complexity index is 1570. The van der Waals surface area contributed by atoms with Crippen molar-refractivity contribution in [2.45, 2.75) is 64.6 Å². The number of aromatic nitrogens is 1. The second-order valence-electron chi connectivity index (χ2n) is 10.3. The Hall–Kier alpha value is -4.82. The molecule has 5 atom stereocenters. The molecule has 0 bridgehead atoms. The molecule has 0 aliphatic carbocycles. The van der Waals surface area contributed by atoms with Crippen molar-refractivity contribution >= 4 is 41.0 Å². The Labute approximate surface area is 268 Å². The van der Waals surface area contributed by atoms with Crippen molar-refractivity contribution in [3.63, 3.8) is 0 Å². The molecule has 1 saturated heterocycles. The third-order valence-electron chi connectivity index (χ3n) is 6.69. The number of hydrogen-bond acceptors (Lipinski definition) is 14. The summed E-state index contributed by atoms with van der Waals surface area (Å²) in [5.74, 6) is -3.43. The van der Waals surface area contributed by atoms with Crippen molar-refractivity contribution in [3.8, 4) is 22.1 Å². The topological polar surface area (TPSA) is 174 Å². The second kappa shape index (κ2) is 15.5. The van der Waals surface area contributed by atoms with E-state index in [2.05, 4.69) is 4.98 Å². The van der Waals surface area contributed by atoms with E-state index in [1.165, 1.54) is 36.5 Å². The molecule has 0 radical (unpaired) electrons. The Morgan fingerprint density at radius 1 is 0.804 bits per heavy atom. The number of carbonyl (C=O) groups excluding carboxylic acids is 5. The molecule has 46 heavy (non-hydrogen) atoms. The standard InChI is InChI=1S/C32H33NO12S/c1-17(34)40-14-27-29(42-18(2)35)31(44-20(4)37)30(43-19(3)36)28(45-27)15-41-23-10-11-24(26(39)13-23)25(38)12-22-16-46-32(33-22)21-8-6-5-7-9-21/h5-11,13,16,27-31,39H,12,14-15H2,1-4H3/t27-,28+,29-,30-,31+/m0/s1. The largest absolute Gasteiger partial charge is 0.507 e. The number of rotatable bonds is 12. The average Bonchev–Trinajstić information content (AvgIpc) is 3.45. The first-order valence-corrected chi connectivity index (χ1v) is 15.1. The van der Waals surface area contributed by atoms with E-state index in [0.29, 0.717) is 5.69 Å². The van der Waals surface area contributed by atoms with Crippen molar-refractivity contribution < 1.29 is 57.5 Å². The second-order valence-corrected chi connectivity index (χ2v) is 11.2. The Balaban J connectivity index is 1.50. The molecule has 1 aliphatic rings. The number of ketones is 1. The van der Waals surface area contributed by atoms with Gasteiger partial charge < -0.3 is 33.5 Å². The van der Waals surface area contributed by atoms with E-state index in [4.69, 9.17) is 28.4 Å². The average molecular weight is 656 g/mol. The fraction of sp³-hybridized carbons (Fsp3) is 0.375. The monoisotopic (exact) mass is 655 g/mol. The lowest BCUT2D eigenvalue weighted by Crippen LogP contribution is -2.63. The third-order valence-corrected chi connectivity index (χ3v) is 7.63. The molecule has 3 aromatic rings.